The number of aliphatic carboxylic acids is 1. The Bertz CT molecular complexity index is 257. The minimum Gasteiger partial charge on any atom is -0.479 e. The number of aliphatic imine (C=N–C) groups is 1. The Kier molecular flexibility index (Phi) is 4.02. The van der Waals surface area contributed by atoms with E-state index >= 15 is 0 Å². The van der Waals surface area contributed by atoms with Crippen LogP contribution >= 0.6 is 0 Å². The highest BCUT2D eigenvalue weighted by Crippen LogP contribution is 2.27. The monoisotopic (exact) mass is 199 g/mol. The largest absolute Gasteiger partial charge is 0.479 e. The van der Waals surface area contributed by atoms with Crippen LogP contribution in [0.25, 0.3) is 0 Å². The molecule has 0 aromatic heterocycles. The molecule has 80 valence electrons. The molecule has 0 amide bonds. The van der Waals surface area contributed by atoms with Gasteiger partial charge in [-0.3, -0.25) is 0 Å². The van der Waals surface area contributed by atoms with Crippen LogP contribution in [-0.2, 0) is 9.59 Å². The summed E-state index contributed by atoms with van der Waals surface area (Å²) in [6.45, 7) is 7.48. The van der Waals surface area contributed by atoms with Gasteiger partial charge in [-0.15, -0.1) is 0 Å². The van der Waals surface area contributed by atoms with Gasteiger partial charge in [0.05, 0.1) is 0 Å². The van der Waals surface area contributed by atoms with Crippen LogP contribution in [-0.4, -0.2) is 22.7 Å². The van der Waals surface area contributed by atoms with Crippen molar-refractivity contribution in [1.82, 2.24) is 0 Å². The van der Waals surface area contributed by atoms with Crippen molar-refractivity contribution < 1.29 is 14.7 Å². The highest BCUT2D eigenvalue weighted by molar-refractivity contribution is 5.79. The summed E-state index contributed by atoms with van der Waals surface area (Å²) in [4.78, 5) is 24.3. The van der Waals surface area contributed by atoms with E-state index < -0.39 is 11.5 Å². The van der Waals surface area contributed by atoms with Crippen LogP contribution in [0.1, 0.15) is 40.5 Å². The minimum absolute atomic E-state index is 0.0368. The number of isocyanates is 1. The zero-order valence-corrected chi connectivity index (χ0v) is 9.13. The average Bonchev–Trinajstić information content (AvgIpc) is 2.00. The molecule has 0 rings (SSSR count). The van der Waals surface area contributed by atoms with Gasteiger partial charge < -0.3 is 5.11 Å². The van der Waals surface area contributed by atoms with Crippen molar-refractivity contribution >= 4 is 12.0 Å². The van der Waals surface area contributed by atoms with Crippen LogP contribution in [0.4, 0.5) is 0 Å². The number of nitrogens with zero attached hydrogens (tertiary/aromatic N) is 1. The first-order valence-corrected chi connectivity index (χ1v) is 4.54. The van der Waals surface area contributed by atoms with Gasteiger partial charge in [0.1, 0.15) is 0 Å². The molecule has 0 bridgehead atoms. The van der Waals surface area contributed by atoms with Crippen LogP contribution < -0.4 is 0 Å². The molecule has 14 heavy (non-hydrogen) atoms. The molecule has 1 N–H and O–H groups in total. The number of hydrogen-bond acceptors (Lipinski definition) is 3. The molecule has 0 aliphatic carbocycles. The van der Waals surface area contributed by atoms with E-state index in [1.54, 1.807) is 0 Å². The summed E-state index contributed by atoms with van der Waals surface area (Å²) in [6.07, 6.45) is 2.36. The Hall–Kier alpha value is -1.15. The van der Waals surface area contributed by atoms with E-state index in [1.807, 2.05) is 20.8 Å². The average molecular weight is 199 g/mol. The second kappa shape index (κ2) is 4.38. The minimum atomic E-state index is -1.32. The lowest BCUT2D eigenvalue weighted by atomic mass is 9.84. The third kappa shape index (κ3) is 4.19. The van der Waals surface area contributed by atoms with Crippen molar-refractivity contribution in [3.8, 4) is 0 Å². The third-order valence-corrected chi connectivity index (χ3v) is 2.11. The first-order chi connectivity index (χ1) is 6.21. The van der Waals surface area contributed by atoms with E-state index in [-0.39, 0.29) is 5.41 Å². The molecule has 0 aromatic rings. The summed E-state index contributed by atoms with van der Waals surface area (Å²) in [7, 11) is 0. The number of carbonyl (C=O) groups excluding carboxylic acids is 1. The Morgan fingerprint density at radius 3 is 2.07 bits per heavy atom. The van der Waals surface area contributed by atoms with Gasteiger partial charge in [-0.2, -0.15) is 4.99 Å². The topological polar surface area (TPSA) is 66.7 Å². The molecule has 1 unspecified atom stereocenters. The van der Waals surface area contributed by atoms with Crippen LogP contribution in [0, 0.1) is 5.41 Å². The fourth-order valence-corrected chi connectivity index (χ4v) is 0.930. The zero-order valence-electron chi connectivity index (χ0n) is 9.13. The van der Waals surface area contributed by atoms with Gasteiger partial charge in [-0.25, -0.2) is 9.59 Å². The lowest BCUT2D eigenvalue weighted by molar-refractivity contribution is -0.142. The molecule has 0 spiro atoms. The van der Waals surface area contributed by atoms with Gasteiger partial charge in [0.2, 0.25) is 6.08 Å². The van der Waals surface area contributed by atoms with E-state index in [0.29, 0.717) is 12.8 Å². The van der Waals surface area contributed by atoms with Gasteiger partial charge in [-0.05, 0) is 25.2 Å². The lowest BCUT2D eigenvalue weighted by Crippen LogP contribution is -2.34. The summed E-state index contributed by atoms with van der Waals surface area (Å²) in [5.41, 5.74) is -1.29. The molecule has 0 saturated heterocycles. The maximum Gasteiger partial charge on any atom is 0.332 e. The third-order valence-electron chi connectivity index (χ3n) is 2.11. The Morgan fingerprint density at radius 2 is 1.79 bits per heavy atom. The Morgan fingerprint density at radius 1 is 1.29 bits per heavy atom. The standard InChI is InChI=1S/C10H17NO3/c1-9(2,3)5-6-10(4,8(13)14)11-7-12/h5-6H2,1-4H3,(H,13,14). The van der Waals surface area contributed by atoms with Gasteiger partial charge >= 0.3 is 5.97 Å². The first-order valence-electron chi connectivity index (χ1n) is 4.54. The van der Waals surface area contributed by atoms with E-state index in [1.165, 1.54) is 13.0 Å². The van der Waals surface area contributed by atoms with Crippen molar-refractivity contribution in [2.75, 3.05) is 0 Å². The quantitative estimate of drug-likeness (QED) is 0.556. The van der Waals surface area contributed by atoms with Gasteiger partial charge in [0.15, 0.2) is 5.54 Å². The SMILES string of the molecule is CC(C)(C)CCC(C)(N=C=O)C(=O)O. The van der Waals surface area contributed by atoms with Gasteiger partial charge in [0, 0.05) is 0 Å². The fraction of sp³-hybridized carbons (Fsp3) is 0.800. The molecule has 4 nitrogen and oxygen atoms in total. The number of carboxylic acid groups (broad SMARTS) is 1. The Labute approximate surface area is 84.0 Å². The molecular formula is C10H17NO3. The fourth-order valence-electron chi connectivity index (χ4n) is 0.930. The summed E-state index contributed by atoms with van der Waals surface area (Å²) >= 11 is 0. The van der Waals surface area contributed by atoms with E-state index in [4.69, 9.17) is 5.11 Å². The predicted octanol–water partition coefficient (Wildman–Crippen LogP) is 1.99. The molecule has 0 aliphatic heterocycles. The maximum atomic E-state index is 10.9. The summed E-state index contributed by atoms with van der Waals surface area (Å²) < 4.78 is 0. The second-order valence-corrected chi connectivity index (χ2v) is 4.84. The highest BCUT2D eigenvalue weighted by atomic mass is 16.4. The van der Waals surface area contributed by atoms with Crippen molar-refractivity contribution in [2.24, 2.45) is 10.4 Å². The van der Waals surface area contributed by atoms with Gasteiger partial charge in [0.25, 0.3) is 0 Å². The number of hydrogen-bond donors (Lipinski definition) is 1. The molecule has 0 saturated carbocycles. The molecule has 0 aliphatic rings. The normalized spacial score (nSPS) is 15.4. The molecule has 0 aromatic carbocycles. The van der Waals surface area contributed by atoms with Crippen molar-refractivity contribution in [3.63, 3.8) is 0 Å². The van der Waals surface area contributed by atoms with Crippen molar-refractivity contribution in [3.05, 3.63) is 0 Å². The number of carbonyl (C=O) groups is 1. The van der Waals surface area contributed by atoms with Crippen LogP contribution in [0.15, 0.2) is 4.99 Å². The number of rotatable bonds is 4. The first kappa shape index (κ1) is 12.8. The summed E-state index contributed by atoms with van der Waals surface area (Å²) in [6, 6.07) is 0. The van der Waals surface area contributed by atoms with E-state index in [0.717, 1.165) is 0 Å². The summed E-state index contributed by atoms with van der Waals surface area (Å²) in [5, 5.41) is 8.89. The van der Waals surface area contributed by atoms with Crippen LogP contribution in [0.3, 0.4) is 0 Å². The molecular weight excluding hydrogens is 182 g/mol. The van der Waals surface area contributed by atoms with E-state index in [9.17, 15) is 9.59 Å². The zero-order chi connectivity index (χ0) is 11.4. The molecule has 4 heteroatoms. The van der Waals surface area contributed by atoms with Crippen molar-refractivity contribution in [1.29, 1.82) is 0 Å². The van der Waals surface area contributed by atoms with Crippen molar-refractivity contribution in [2.45, 2.75) is 46.1 Å². The molecule has 0 fully saturated rings. The van der Waals surface area contributed by atoms with Gasteiger partial charge in [-0.1, -0.05) is 20.8 Å². The smallest absolute Gasteiger partial charge is 0.332 e. The molecule has 0 heterocycles. The Balaban J connectivity index is 4.55. The maximum absolute atomic E-state index is 10.9. The molecule has 1 atom stereocenters. The highest BCUT2D eigenvalue weighted by Gasteiger charge is 2.33. The van der Waals surface area contributed by atoms with Crippen LogP contribution in [0.2, 0.25) is 0 Å². The predicted molar refractivity (Wildman–Crippen MR) is 52.9 cm³/mol. The lowest BCUT2D eigenvalue weighted by Gasteiger charge is -2.24. The molecule has 0 radical (unpaired) electrons. The number of carboxylic acids is 1. The second-order valence-electron chi connectivity index (χ2n) is 4.84. The summed E-state index contributed by atoms with van der Waals surface area (Å²) in [5.74, 6) is -1.08. The van der Waals surface area contributed by atoms with Crippen LogP contribution in [0.5, 0.6) is 0 Å². The van der Waals surface area contributed by atoms with E-state index in [2.05, 4.69) is 4.99 Å².